The molecular weight excluding hydrogens is 319 g/mol. The Bertz CT molecular complexity index is 240. The molecule has 0 saturated heterocycles. The topological polar surface area (TPSA) is 37.3 Å². The summed E-state index contributed by atoms with van der Waals surface area (Å²) >= 11 is 17.0. The second kappa shape index (κ2) is 13.0. The molecule has 0 rings (SSSR count). The molecule has 0 aliphatic heterocycles. The van der Waals surface area contributed by atoms with Gasteiger partial charge in [0.1, 0.15) is 0 Å². The van der Waals surface area contributed by atoms with Crippen LogP contribution in [0.3, 0.4) is 0 Å². The van der Waals surface area contributed by atoms with Crippen molar-refractivity contribution in [1.82, 2.24) is 0 Å². The predicted molar refractivity (Wildman–Crippen MR) is 87.9 cm³/mol. The van der Waals surface area contributed by atoms with Gasteiger partial charge < -0.3 is 5.11 Å². The van der Waals surface area contributed by atoms with Crippen LogP contribution in [0.15, 0.2) is 0 Å². The van der Waals surface area contributed by atoms with Gasteiger partial charge in [0.25, 0.3) is 0 Å². The van der Waals surface area contributed by atoms with E-state index in [1.807, 2.05) is 0 Å². The molecule has 5 heteroatoms. The number of hydrogen-bond acceptors (Lipinski definition) is 1. The van der Waals surface area contributed by atoms with Crippen LogP contribution in [0.4, 0.5) is 0 Å². The van der Waals surface area contributed by atoms with Gasteiger partial charge in [-0.3, -0.25) is 4.79 Å². The molecule has 0 amide bonds. The third-order valence-electron chi connectivity index (χ3n) is 3.35. The number of unbranched alkanes of at least 4 members (excludes halogenated alkanes) is 10. The maximum Gasteiger partial charge on any atom is 0.303 e. The Morgan fingerprint density at radius 1 is 0.700 bits per heavy atom. The quantitative estimate of drug-likeness (QED) is 0.305. The normalized spacial score (nSPS) is 11.8. The van der Waals surface area contributed by atoms with Crippen molar-refractivity contribution in [3.63, 3.8) is 0 Å². The fourth-order valence-electron chi connectivity index (χ4n) is 2.19. The third-order valence-corrected chi connectivity index (χ3v) is 3.92. The Kier molecular flexibility index (Phi) is 13.3. The van der Waals surface area contributed by atoms with Crippen LogP contribution in [0.25, 0.3) is 0 Å². The predicted octanol–water partition coefficient (Wildman–Crippen LogP) is 6.51. The standard InChI is InChI=1S/C15H27Cl3O2/c16-15(17,18)13-11-9-7-5-3-1-2-4-6-8-10-12-14(19)20/h1-13H2,(H,19,20). The molecule has 120 valence electrons. The van der Waals surface area contributed by atoms with Crippen LogP contribution in [0.5, 0.6) is 0 Å². The average molecular weight is 346 g/mol. The second-order valence-electron chi connectivity index (χ2n) is 5.40. The SMILES string of the molecule is O=C(O)CCCCCCCCCCCCCC(Cl)(Cl)Cl. The zero-order valence-electron chi connectivity index (χ0n) is 12.2. The van der Waals surface area contributed by atoms with Gasteiger partial charge in [-0.05, 0) is 19.3 Å². The summed E-state index contributed by atoms with van der Waals surface area (Å²) in [5, 5.41) is 8.50. The lowest BCUT2D eigenvalue weighted by Gasteiger charge is -2.09. The van der Waals surface area contributed by atoms with Crippen molar-refractivity contribution >= 4 is 40.8 Å². The summed E-state index contributed by atoms with van der Waals surface area (Å²) < 4.78 is -1.08. The first-order chi connectivity index (χ1) is 9.42. The maximum absolute atomic E-state index is 10.3. The fourth-order valence-corrected chi connectivity index (χ4v) is 2.59. The van der Waals surface area contributed by atoms with Crippen molar-refractivity contribution in [1.29, 1.82) is 0 Å². The molecule has 0 saturated carbocycles. The highest BCUT2D eigenvalue weighted by Crippen LogP contribution is 2.32. The number of carboxylic acids is 1. The lowest BCUT2D eigenvalue weighted by Crippen LogP contribution is -2.00. The van der Waals surface area contributed by atoms with E-state index in [0.717, 1.165) is 32.1 Å². The highest BCUT2D eigenvalue weighted by atomic mass is 35.6. The third kappa shape index (κ3) is 18.3. The number of carbonyl (C=O) groups is 1. The van der Waals surface area contributed by atoms with Crippen LogP contribution >= 0.6 is 34.8 Å². The van der Waals surface area contributed by atoms with E-state index in [4.69, 9.17) is 39.9 Å². The van der Waals surface area contributed by atoms with Gasteiger partial charge in [0.05, 0.1) is 0 Å². The molecule has 2 nitrogen and oxygen atoms in total. The van der Waals surface area contributed by atoms with Crippen molar-refractivity contribution in [2.45, 2.75) is 87.3 Å². The van der Waals surface area contributed by atoms with E-state index >= 15 is 0 Å². The highest BCUT2D eigenvalue weighted by Gasteiger charge is 2.17. The van der Waals surface area contributed by atoms with Crippen LogP contribution in [-0.2, 0) is 4.79 Å². The van der Waals surface area contributed by atoms with Crippen LogP contribution in [0, 0.1) is 0 Å². The van der Waals surface area contributed by atoms with Gasteiger partial charge in [0.15, 0.2) is 3.79 Å². The summed E-state index contributed by atoms with van der Waals surface area (Å²) in [7, 11) is 0. The lowest BCUT2D eigenvalue weighted by molar-refractivity contribution is -0.137. The van der Waals surface area contributed by atoms with E-state index in [2.05, 4.69) is 0 Å². The van der Waals surface area contributed by atoms with Gasteiger partial charge in [0, 0.05) is 6.42 Å². The minimum absolute atomic E-state index is 0.314. The average Bonchev–Trinajstić information content (AvgIpc) is 2.33. The van der Waals surface area contributed by atoms with Crippen molar-refractivity contribution < 1.29 is 9.90 Å². The number of aliphatic carboxylic acids is 1. The fraction of sp³-hybridized carbons (Fsp3) is 0.933. The first kappa shape index (κ1) is 20.3. The molecule has 0 aromatic carbocycles. The molecule has 0 aromatic rings. The van der Waals surface area contributed by atoms with Gasteiger partial charge in [0.2, 0.25) is 0 Å². The molecule has 1 N–H and O–H groups in total. The highest BCUT2D eigenvalue weighted by molar-refractivity contribution is 6.67. The Hall–Kier alpha value is 0.340. The van der Waals surface area contributed by atoms with Crippen LogP contribution < -0.4 is 0 Å². The summed E-state index contributed by atoms with van der Waals surface area (Å²) in [5.74, 6) is -0.681. The molecule has 0 aliphatic carbocycles. The molecule has 0 atom stereocenters. The molecule has 0 bridgehead atoms. The second-order valence-corrected chi connectivity index (χ2v) is 7.91. The van der Waals surface area contributed by atoms with Crippen molar-refractivity contribution in [2.24, 2.45) is 0 Å². The number of hydrogen-bond donors (Lipinski definition) is 1. The van der Waals surface area contributed by atoms with Crippen LogP contribution in [0.1, 0.15) is 83.5 Å². The number of carboxylic acid groups (broad SMARTS) is 1. The van der Waals surface area contributed by atoms with Gasteiger partial charge >= 0.3 is 5.97 Å². The number of rotatable bonds is 13. The number of halogens is 3. The molecule has 0 aromatic heterocycles. The van der Waals surface area contributed by atoms with Gasteiger partial charge in [-0.1, -0.05) is 92.6 Å². The molecular formula is C15H27Cl3O2. The molecule has 0 spiro atoms. The Labute approximate surface area is 138 Å². The summed E-state index contributed by atoms with van der Waals surface area (Å²) in [6, 6.07) is 0. The van der Waals surface area contributed by atoms with Crippen LogP contribution in [-0.4, -0.2) is 14.9 Å². The van der Waals surface area contributed by atoms with Gasteiger partial charge in [-0.15, -0.1) is 0 Å². The van der Waals surface area contributed by atoms with E-state index < -0.39 is 9.76 Å². The Morgan fingerprint density at radius 2 is 1.05 bits per heavy atom. The van der Waals surface area contributed by atoms with Gasteiger partial charge in [-0.2, -0.15) is 0 Å². The zero-order chi connectivity index (χ0) is 15.3. The zero-order valence-corrected chi connectivity index (χ0v) is 14.4. The summed E-state index contributed by atoms with van der Waals surface area (Å²) in [6.07, 6.45) is 13.7. The summed E-state index contributed by atoms with van der Waals surface area (Å²) in [4.78, 5) is 10.3. The molecule has 20 heavy (non-hydrogen) atoms. The Morgan fingerprint density at radius 3 is 1.40 bits per heavy atom. The lowest BCUT2D eigenvalue weighted by atomic mass is 10.0. The van der Waals surface area contributed by atoms with E-state index in [1.54, 1.807) is 0 Å². The number of alkyl halides is 3. The molecule has 0 unspecified atom stereocenters. The Balaban J connectivity index is 3.05. The van der Waals surface area contributed by atoms with Crippen LogP contribution in [0.2, 0.25) is 0 Å². The van der Waals surface area contributed by atoms with Crippen molar-refractivity contribution in [3.05, 3.63) is 0 Å². The van der Waals surface area contributed by atoms with E-state index in [9.17, 15) is 4.79 Å². The van der Waals surface area contributed by atoms with E-state index in [1.165, 1.54) is 38.5 Å². The van der Waals surface area contributed by atoms with Crippen molar-refractivity contribution in [3.8, 4) is 0 Å². The molecule has 0 radical (unpaired) electrons. The first-order valence-corrected chi connectivity index (χ1v) is 8.84. The van der Waals surface area contributed by atoms with Gasteiger partial charge in [-0.25, -0.2) is 0 Å². The molecule has 0 fully saturated rings. The van der Waals surface area contributed by atoms with E-state index in [0.29, 0.717) is 12.8 Å². The summed E-state index contributed by atoms with van der Waals surface area (Å²) in [5.41, 5.74) is 0. The minimum Gasteiger partial charge on any atom is -0.481 e. The van der Waals surface area contributed by atoms with Crippen molar-refractivity contribution in [2.75, 3.05) is 0 Å². The monoisotopic (exact) mass is 344 g/mol. The smallest absolute Gasteiger partial charge is 0.303 e. The summed E-state index contributed by atoms with van der Waals surface area (Å²) in [6.45, 7) is 0. The first-order valence-electron chi connectivity index (χ1n) is 7.70. The molecule has 0 heterocycles. The minimum atomic E-state index is -1.08. The largest absolute Gasteiger partial charge is 0.481 e. The maximum atomic E-state index is 10.3. The molecule has 0 aliphatic rings. The van der Waals surface area contributed by atoms with E-state index in [-0.39, 0.29) is 0 Å².